The van der Waals surface area contributed by atoms with Gasteiger partial charge in [0.1, 0.15) is 12.4 Å². The molecule has 4 rings (SSSR count). The Morgan fingerprint density at radius 3 is 2.61 bits per heavy atom. The summed E-state index contributed by atoms with van der Waals surface area (Å²) in [4.78, 5) is 12.6. The minimum atomic E-state index is -0.123. The quantitative estimate of drug-likeness (QED) is 0.300. The molecule has 0 saturated carbocycles. The van der Waals surface area contributed by atoms with Gasteiger partial charge in [-0.1, -0.05) is 60.3 Å². The van der Waals surface area contributed by atoms with Crippen LogP contribution in [0.15, 0.2) is 65.8 Å². The van der Waals surface area contributed by atoms with E-state index in [0.29, 0.717) is 11.0 Å². The number of amides is 1. The Labute approximate surface area is 197 Å². The molecule has 0 spiro atoms. The third-order valence-corrected chi connectivity index (χ3v) is 6.24. The molecular weight excluding hydrogens is 434 g/mol. The van der Waals surface area contributed by atoms with Crippen molar-refractivity contribution in [2.24, 2.45) is 0 Å². The van der Waals surface area contributed by atoms with Crippen molar-refractivity contribution < 1.29 is 9.53 Å². The minimum Gasteiger partial charge on any atom is -0.486 e. The number of hydrogen-bond acceptors (Lipinski definition) is 6. The predicted molar refractivity (Wildman–Crippen MR) is 132 cm³/mol. The lowest BCUT2D eigenvalue weighted by Gasteiger charge is -2.16. The first-order chi connectivity index (χ1) is 15.9. The average Bonchev–Trinajstić information content (AvgIpc) is 3.14. The first-order valence-electron chi connectivity index (χ1n) is 10.7. The fourth-order valence-corrected chi connectivity index (χ4v) is 4.47. The lowest BCUT2D eigenvalue weighted by molar-refractivity contribution is -0.119. The molecule has 0 bridgehead atoms. The second kappa shape index (κ2) is 9.95. The molecule has 3 N–H and O–H groups in total. The van der Waals surface area contributed by atoms with E-state index in [1.807, 2.05) is 57.2 Å². The summed E-state index contributed by atoms with van der Waals surface area (Å²) in [5.74, 6) is 7.45. The number of nitrogen functional groups attached to an aromatic ring is 1. The van der Waals surface area contributed by atoms with E-state index in [9.17, 15) is 4.79 Å². The van der Waals surface area contributed by atoms with Gasteiger partial charge in [-0.2, -0.15) is 0 Å². The standard InChI is InChI=1S/C25H27N5O2S/c1-16-11-17(2)13-20(12-16)32-14-23-28-29-25(30(23)26)33-15-24(31)27-18(3)21-10-6-8-19-7-4-5-9-22(19)21/h4-13,18H,14-15,26H2,1-3H3,(H,27,31). The maximum Gasteiger partial charge on any atom is 0.230 e. The van der Waals surface area contributed by atoms with Crippen LogP contribution in [-0.4, -0.2) is 26.5 Å². The molecule has 170 valence electrons. The number of hydrogen-bond donors (Lipinski definition) is 2. The van der Waals surface area contributed by atoms with Gasteiger partial charge in [-0.05, 0) is 60.4 Å². The van der Waals surface area contributed by atoms with Crippen molar-refractivity contribution >= 4 is 28.4 Å². The number of aromatic nitrogens is 3. The van der Waals surface area contributed by atoms with Crippen molar-refractivity contribution in [1.29, 1.82) is 0 Å². The SMILES string of the molecule is Cc1cc(C)cc(OCc2nnc(SCC(=O)NC(C)c3cccc4ccccc34)n2N)c1. The van der Waals surface area contributed by atoms with E-state index in [1.165, 1.54) is 16.4 Å². The van der Waals surface area contributed by atoms with Gasteiger partial charge in [-0.25, -0.2) is 4.68 Å². The van der Waals surface area contributed by atoms with Crippen molar-refractivity contribution in [2.45, 2.75) is 38.6 Å². The van der Waals surface area contributed by atoms with Crippen molar-refractivity contribution in [3.8, 4) is 5.75 Å². The Balaban J connectivity index is 1.33. The van der Waals surface area contributed by atoms with Gasteiger partial charge in [0.15, 0.2) is 5.82 Å². The van der Waals surface area contributed by atoms with Gasteiger partial charge in [0.25, 0.3) is 0 Å². The molecule has 7 nitrogen and oxygen atoms in total. The van der Waals surface area contributed by atoms with Crippen LogP contribution in [0.2, 0.25) is 0 Å². The lowest BCUT2D eigenvalue weighted by Crippen LogP contribution is -2.28. The third kappa shape index (κ3) is 5.46. The summed E-state index contributed by atoms with van der Waals surface area (Å²) in [6.07, 6.45) is 0. The highest BCUT2D eigenvalue weighted by Crippen LogP contribution is 2.24. The summed E-state index contributed by atoms with van der Waals surface area (Å²) < 4.78 is 7.19. The largest absolute Gasteiger partial charge is 0.486 e. The normalized spacial score (nSPS) is 12.0. The number of carbonyl (C=O) groups is 1. The van der Waals surface area contributed by atoms with Crippen LogP contribution in [0.25, 0.3) is 10.8 Å². The number of benzene rings is 3. The lowest BCUT2D eigenvalue weighted by atomic mass is 10.00. The Morgan fingerprint density at radius 2 is 1.82 bits per heavy atom. The van der Waals surface area contributed by atoms with Gasteiger partial charge in [-0.3, -0.25) is 4.79 Å². The van der Waals surface area contributed by atoms with E-state index in [1.54, 1.807) is 0 Å². The molecule has 0 aliphatic heterocycles. The zero-order valence-electron chi connectivity index (χ0n) is 18.9. The molecular formula is C25H27N5O2S. The number of nitrogens with one attached hydrogen (secondary N) is 1. The summed E-state index contributed by atoms with van der Waals surface area (Å²) in [7, 11) is 0. The average molecular weight is 462 g/mol. The van der Waals surface area contributed by atoms with E-state index in [-0.39, 0.29) is 24.3 Å². The maximum atomic E-state index is 12.6. The molecule has 33 heavy (non-hydrogen) atoms. The summed E-state index contributed by atoms with van der Waals surface area (Å²) in [5, 5.41) is 14.0. The molecule has 0 saturated heterocycles. The van der Waals surface area contributed by atoms with Crippen LogP contribution in [-0.2, 0) is 11.4 Å². The number of aryl methyl sites for hydroxylation is 2. The van der Waals surface area contributed by atoms with E-state index >= 15 is 0 Å². The minimum absolute atomic E-state index is 0.100. The molecule has 1 heterocycles. The van der Waals surface area contributed by atoms with E-state index in [4.69, 9.17) is 10.6 Å². The zero-order valence-corrected chi connectivity index (χ0v) is 19.7. The summed E-state index contributed by atoms with van der Waals surface area (Å²) in [6, 6.07) is 20.1. The highest BCUT2D eigenvalue weighted by atomic mass is 32.2. The molecule has 0 fully saturated rings. The Kier molecular flexibility index (Phi) is 6.84. The van der Waals surface area contributed by atoms with E-state index in [2.05, 4.69) is 39.8 Å². The Hall–Kier alpha value is -3.52. The summed E-state index contributed by atoms with van der Waals surface area (Å²) >= 11 is 1.24. The molecule has 1 aromatic heterocycles. The van der Waals surface area contributed by atoms with Crippen molar-refractivity contribution in [2.75, 3.05) is 11.6 Å². The number of thioether (sulfide) groups is 1. The molecule has 0 aliphatic carbocycles. The third-order valence-electron chi connectivity index (χ3n) is 5.30. The Bertz CT molecular complexity index is 1260. The van der Waals surface area contributed by atoms with Crippen molar-refractivity contribution in [1.82, 2.24) is 20.2 Å². The van der Waals surface area contributed by atoms with Crippen molar-refractivity contribution in [3.05, 3.63) is 83.2 Å². The van der Waals surface area contributed by atoms with Crippen LogP contribution in [0, 0.1) is 13.8 Å². The topological polar surface area (TPSA) is 95.1 Å². The van der Waals surface area contributed by atoms with Crippen LogP contribution in [0.3, 0.4) is 0 Å². The van der Waals surface area contributed by atoms with Crippen LogP contribution in [0.5, 0.6) is 5.75 Å². The van der Waals surface area contributed by atoms with Gasteiger partial charge >= 0.3 is 0 Å². The van der Waals surface area contributed by atoms with E-state index in [0.717, 1.165) is 33.2 Å². The smallest absolute Gasteiger partial charge is 0.230 e. The molecule has 8 heteroatoms. The highest BCUT2D eigenvalue weighted by Gasteiger charge is 2.16. The molecule has 3 aromatic carbocycles. The molecule has 0 aliphatic rings. The highest BCUT2D eigenvalue weighted by molar-refractivity contribution is 7.99. The maximum absolute atomic E-state index is 12.6. The molecule has 1 amide bonds. The van der Waals surface area contributed by atoms with Crippen LogP contribution < -0.4 is 15.9 Å². The first-order valence-corrected chi connectivity index (χ1v) is 11.7. The van der Waals surface area contributed by atoms with Gasteiger partial charge in [-0.15, -0.1) is 10.2 Å². The second-order valence-electron chi connectivity index (χ2n) is 8.03. The zero-order chi connectivity index (χ0) is 23.4. The van der Waals surface area contributed by atoms with Gasteiger partial charge < -0.3 is 15.9 Å². The predicted octanol–water partition coefficient (Wildman–Crippen LogP) is 4.31. The molecule has 0 radical (unpaired) electrons. The number of nitrogens with two attached hydrogens (primary N) is 1. The van der Waals surface area contributed by atoms with Crippen molar-refractivity contribution in [3.63, 3.8) is 0 Å². The fourth-order valence-electron chi connectivity index (χ4n) is 3.79. The number of fused-ring (bicyclic) bond motifs is 1. The molecule has 4 aromatic rings. The summed E-state index contributed by atoms with van der Waals surface area (Å²) in [5.41, 5.74) is 3.33. The van der Waals surface area contributed by atoms with Gasteiger partial charge in [0.2, 0.25) is 11.1 Å². The molecule has 1 atom stereocenters. The summed E-state index contributed by atoms with van der Waals surface area (Å²) in [6.45, 7) is 6.22. The number of nitrogens with zero attached hydrogens (tertiary/aromatic N) is 3. The molecule has 1 unspecified atom stereocenters. The second-order valence-corrected chi connectivity index (χ2v) is 8.97. The number of carbonyl (C=O) groups excluding carboxylic acids is 1. The number of ether oxygens (including phenoxy) is 1. The Morgan fingerprint density at radius 1 is 1.09 bits per heavy atom. The van der Waals surface area contributed by atoms with Crippen LogP contribution >= 0.6 is 11.8 Å². The fraction of sp³-hybridized carbons (Fsp3) is 0.240. The monoisotopic (exact) mass is 461 g/mol. The van der Waals surface area contributed by atoms with Gasteiger partial charge in [0.05, 0.1) is 11.8 Å². The van der Waals surface area contributed by atoms with Crippen LogP contribution in [0.1, 0.15) is 35.5 Å². The van der Waals surface area contributed by atoms with Crippen LogP contribution in [0.4, 0.5) is 0 Å². The first kappa shape index (κ1) is 22.7. The van der Waals surface area contributed by atoms with Gasteiger partial charge in [0, 0.05) is 0 Å². The van der Waals surface area contributed by atoms with E-state index < -0.39 is 0 Å². The number of rotatable bonds is 8.